The molecule has 0 radical (unpaired) electrons. The zero-order valence-corrected chi connectivity index (χ0v) is 21.8. The summed E-state index contributed by atoms with van der Waals surface area (Å²) >= 11 is 1.34. The molecule has 36 heavy (non-hydrogen) atoms. The third kappa shape index (κ3) is 5.90. The summed E-state index contributed by atoms with van der Waals surface area (Å²) in [5.74, 6) is 1.57. The molecule has 0 saturated heterocycles. The summed E-state index contributed by atoms with van der Waals surface area (Å²) in [5.41, 5.74) is 2.55. The van der Waals surface area contributed by atoms with E-state index in [0.29, 0.717) is 46.2 Å². The highest BCUT2D eigenvalue weighted by Crippen LogP contribution is 2.37. The fourth-order valence-corrected chi connectivity index (χ4v) is 4.71. The molecule has 0 saturated carbocycles. The highest BCUT2D eigenvalue weighted by atomic mass is 32.2. The maximum atomic E-state index is 14.1. The van der Waals surface area contributed by atoms with Crippen LogP contribution < -0.4 is 10.1 Å². The number of carbonyl (C=O) groups excluding carboxylic acids is 1. The number of nitrogens with zero attached hydrogens (tertiary/aromatic N) is 3. The zero-order valence-electron chi connectivity index (χ0n) is 21.0. The summed E-state index contributed by atoms with van der Waals surface area (Å²) in [6.45, 7) is 8.83. The van der Waals surface area contributed by atoms with E-state index in [0.717, 1.165) is 17.7 Å². The quantitative estimate of drug-likeness (QED) is 0.265. The molecular formula is C27H31FN4O3S. The minimum atomic E-state index is -0.527. The Morgan fingerprint density at radius 1 is 1.19 bits per heavy atom. The number of aromatic nitrogens is 3. The van der Waals surface area contributed by atoms with Crippen molar-refractivity contribution in [3.63, 3.8) is 0 Å². The number of halogens is 1. The number of nitrogens with one attached hydrogen (secondary N) is 1. The molecule has 190 valence electrons. The van der Waals surface area contributed by atoms with E-state index in [1.807, 2.05) is 31.2 Å². The van der Waals surface area contributed by atoms with Crippen molar-refractivity contribution in [1.29, 1.82) is 0 Å². The van der Waals surface area contributed by atoms with Crippen molar-refractivity contribution in [1.82, 2.24) is 14.8 Å². The molecule has 0 spiro atoms. The van der Waals surface area contributed by atoms with Gasteiger partial charge in [0.05, 0.1) is 18.8 Å². The number of esters is 1. The summed E-state index contributed by atoms with van der Waals surface area (Å²) in [4.78, 5) is 17.6. The molecule has 1 N–H and O–H groups in total. The molecular weight excluding hydrogens is 479 g/mol. The second-order valence-corrected chi connectivity index (χ2v) is 9.87. The van der Waals surface area contributed by atoms with Crippen LogP contribution in [0, 0.1) is 11.7 Å². The molecule has 1 aliphatic heterocycles. The zero-order chi connectivity index (χ0) is 25.7. The van der Waals surface area contributed by atoms with Crippen LogP contribution in [0.3, 0.4) is 0 Å². The summed E-state index contributed by atoms with van der Waals surface area (Å²) < 4.78 is 27.0. The van der Waals surface area contributed by atoms with Crippen molar-refractivity contribution in [2.24, 2.45) is 5.92 Å². The third-order valence-corrected chi connectivity index (χ3v) is 6.69. The molecule has 1 aromatic heterocycles. The van der Waals surface area contributed by atoms with Crippen LogP contribution in [0.4, 0.5) is 10.3 Å². The predicted octanol–water partition coefficient (Wildman–Crippen LogP) is 5.99. The van der Waals surface area contributed by atoms with E-state index in [1.165, 1.54) is 17.8 Å². The highest BCUT2D eigenvalue weighted by Gasteiger charge is 2.35. The van der Waals surface area contributed by atoms with Crippen molar-refractivity contribution >= 4 is 23.7 Å². The molecule has 7 nitrogen and oxygen atoms in total. The number of benzene rings is 2. The molecule has 0 fully saturated rings. The van der Waals surface area contributed by atoms with Crippen LogP contribution in [0.2, 0.25) is 0 Å². The minimum absolute atomic E-state index is 0.261. The van der Waals surface area contributed by atoms with Crippen LogP contribution in [0.1, 0.15) is 51.3 Å². The first kappa shape index (κ1) is 25.8. The van der Waals surface area contributed by atoms with Gasteiger partial charge in [0.25, 0.3) is 0 Å². The molecule has 1 unspecified atom stereocenters. The smallest absolute Gasteiger partial charge is 0.338 e. The topological polar surface area (TPSA) is 78.3 Å². The van der Waals surface area contributed by atoms with Crippen molar-refractivity contribution in [2.45, 2.75) is 51.1 Å². The molecule has 4 rings (SSSR count). The van der Waals surface area contributed by atoms with E-state index in [9.17, 15) is 9.18 Å². The number of anilines is 1. The van der Waals surface area contributed by atoms with Gasteiger partial charge in [-0.25, -0.2) is 13.9 Å². The normalized spacial score (nSPS) is 15.0. The largest absolute Gasteiger partial charge is 0.494 e. The molecule has 2 aromatic carbocycles. The standard InChI is InChI=1S/C27H31FN4O3S/c1-5-34-25(33)23-18(4)29-26-30-27(36-16-20-8-6-7-9-22(20)28)31-32(26)24(23)19-10-12-21(13-11-19)35-15-14-17(2)3/h6-13,17,24H,5,14-16H2,1-4H3,(H,29,30,31). The lowest BCUT2D eigenvalue weighted by Gasteiger charge is -2.28. The molecule has 0 amide bonds. The van der Waals surface area contributed by atoms with Gasteiger partial charge in [-0.3, -0.25) is 0 Å². The number of fused-ring (bicyclic) bond motifs is 1. The number of ether oxygens (including phenoxy) is 2. The Morgan fingerprint density at radius 3 is 2.64 bits per heavy atom. The van der Waals surface area contributed by atoms with Crippen molar-refractivity contribution < 1.29 is 18.7 Å². The predicted molar refractivity (Wildman–Crippen MR) is 138 cm³/mol. The van der Waals surface area contributed by atoms with E-state index in [1.54, 1.807) is 29.8 Å². The van der Waals surface area contributed by atoms with Crippen LogP contribution in [0.5, 0.6) is 5.75 Å². The summed E-state index contributed by atoms with van der Waals surface area (Å²) in [6, 6.07) is 13.8. The lowest BCUT2D eigenvalue weighted by atomic mass is 9.96. The molecule has 1 aliphatic rings. The Bertz CT molecular complexity index is 1240. The highest BCUT2D eigenvalue weighted by molar-refractivity contribution is 7.98. The van der Waals surface area contributed by atoms with Gasteiger partial charge in [0, 0.05) is 11.4 Å². The molecule has 2 heterocycles. The summed E-state index contributed by atoms with van der Waals surface area (Å²) in [6.07, 6.45) is 0.973. The van der Waals surface area contributed by atoms with Crippen molar-refractivity contribution in [3.8, 4) is 5.75 Å². The third-order valence-electron chi connectivity index (χ3n) is 5.80. The number of hydrogen-bond acceptors (Lipinski definition) is 7. The number of rotatable bonds is 10. The van der Waals surface area contributed by atoms with E-state index >= 15 is 0 Å². The number of thioether (sulfide) groups is 1. The van der Waals surface area contributed by atoms with Crippen LogP contribution in [-0.4, -0.2) is 33.9 Å². The Balaban J connectivity index is 1.62. The fourth-order valence-electron chi connectivity index (χ4n) is 3.89. The Morgan fingerprint density at radius 2 is 1.94 bits per heavy atom. The van der Waals surface area contributed by atoms with Gasteiger partial charge < -0.3 is 14.8 Å². The minimum Gasteiger partial charge on any atom is -0.494 e. The van der Waals surface area contributed by atoms with Crippen molar-refractivity contribution in [3.05, 3.63) is 76.7 Å². The van der Waals surface area contributed by atoms with E-state index in [4.69, 9.17) is 9.47 Å². The summed E-state index contributed by atoms with van der Waals surface area (Å²) in [5, 5.41) is 8.35. The molecule has 0 bridgehead atoms. The van der Waals surface area contributed by atoms with Gasteiger partial charge in [0.1, 0.15) is 17.6 Å². The second kappa shape index (κ2) is 11.6. The molecule has 0 aliphatic carbocycles. The Kier molecular flexibility index (Phi) is 8.30. The fraction of sp³-hybridized carbons (Fsp3) is 0.370. The monoisotopic (exact) mass is 510 g/mol. The average Bonchev–Trinajstić information content (AvgIpc) is 3.25. The van der Waals surface area contributed by atoms with Crippen LogP contribution >= 0.6 is 11.8 Å². The van der Waals surface area contributed by atoms with Gasteiger partial charge in [-0.2, -0.15) is 4.98 Å². The van der Waals surface area contributed by atoms with Gasteiger partial charge in [-0.05, 0) is 55.5 Å². The maximum absolute atomic E-state index is 14.1. The average molecular weight is 511 g/mol. The van der Waals surface area contributed by atoms with Crippen molar-refractivity contribution in [2.75, 3.05) is 18.5 Å². The van der Waals surface area contributed by atoms with Crippen LogP contribution in [0.25, 0.3) is 0 Å². The number of allylic oxidation sites excluding steroid dienone is 1. The number of hydrogen-bond donors (Lipinski definition) is 1. The SMILES string of the molecule is CCOC(=O)C1=C(C)Nc2nc(SCc3ccccc3F)nn2C1c1ccc(OCCC(C)C)cc1. The Labute approximate surface area is 215 Å². The molecule has 9 heteroatoms. The van der Waals surface area contributed by atoms with Gasteiger partial charge in [0.15, 0.2) is 0 Å². The van der Waals surface area contributed by atoms with Gasteiger partial charge in [0.2, 0.25) is 11.1 Å². The van der Waals surface area contributed by atoms with Crippen LogP contribution in [-0.2, 0) is 15.3 Å². The van der Waals surface area contributed by atoms with Gasteiger partial charge in [-0.1, -0.05) is 55.9 Å². The Hall–Kier alpha value is -3.33. The lowest BCUT2D eigenvalue weighted by molar-refractivity contribution is -0.139. The van der Waals surface area contributed by atoms with E-state index < -0.39 is 12.0 Å². The van der Waals surface area contributed by atoms with Gasteiger partial charge >= 0.3 is 5.97 Å². The second-order valence-electron chi connectivity index (χ2n) is 8.93. The van der Waals surface area contributed by atoms with Crippen LogP contribution in [0.15, 0.2) is 65.0 Å². The first-order chi connectivity index (χ1) is 17.4. The first-order valence-electron chi connectivity index (χ1n) is 12.1. The van der Waals surface area contributed by atoms with Gasteiger partial charge in [-0.15, -0.1) is 5.10 Å². The summed E-state index contributed by atoms with van der Waals surface area (Å²) in [7, 11) is 0. The number of carbonyl (C=O) groups is 1. The lowest BCUT2D eigenvalue weighted by Crippen LogP contribution is -2.29. The molecule has 3 aromatic rings. The van der Waals surface area contributed by atoms with E-state index in [2.05, 4.69) is 29.2 Å². The first-order valence-corrected chi connectivity index (χ1v) is 13.1. The maximum Gasteiger partial charge on any atom is 0.338 e. The van der Waals surface area contributed by atoms with E-state index in [-0.39, 0.29) is 12.4 Å². The molecule has 1 atom stereocenters.